The number of amides is 1. The second kappa shape index (κ2) is 7.09. The molecule has 0 spiro atoms. The highest BCUT2D eigenvalue weighted by atomic mass is 19.4. The van der Waals surface area contributed by atoms with Crippen LogP contribution >= 0.6 is 0 Å². The highest BCUT2D eigenvalue weighted by molar-refractivity contribution is 5.76. The van der Waals surface area contributed by atoms with E-state index in [1.165, 1.54) is 0 Å². The molecule has 0 radical (unpaired) electrons. The third-order valence-electron chi connectivity index (χ3n) is 3.40. The molecule has 19 heavy (non-hydrogen) atoms. The third kappa shape index (κ3) is 5.36. The van der Waals surface area contributed by atoms with Crippen LogP contribution in [0.4, 0.5) is 13.2 Å². The molecule has 1 aliphatic heterocycles. The topological polar surface area (TPSA) is 55.6 Å². The standard InChI is InChI=1S/C12H21F3N2O2/c1-9-3-2-5-17(10(9)7-16)11(18)4-6-19-8-12(13,14)15/h9-10H,2-8,16H2,1H3/t9-,10+/m1/s1. The Morgan fingerprint density at radius 1 is 1.47 bits per heavy atom. The minimum Gasteiger partial charge on any atom is -0.372 e. The van der Waals surface area contributed by atoms with Crippen molar-refractivity contribution in [3.8, 4) is 0 Å². The molecule has 2 atom stereocenters. The van der Waals surface area contributed by atoms with Crippen molar-refractivity contribution in [2.24, 2.45) is 11.7 Å². The fraction of sp³-hybridized carbons (Fsp3) is 0.917. The Labute approximate surface area is 111 Å². The SMILES string of the molecule is C[C@@H]1CCCN(C(=O)CCOCC(F)(F)F)[C@H]1CN. The smallest absolute Gasteiger partial charge is 0.372 e. The van der Waals surface area contributed by atoms with Gasteiger partial charge >= 0.3 is 6.18 Å². The predicted octanol–water partition coefficient (Wildman–Crippen LogP) is 1.54. The molecule has 0 unspecified atom stereocenters. The molecule has 2 N–H and O–H groups in total. The van der Waals surface area contributed by atoms with Gasteiger partial charge in [0.25, 0.3) is 0 Å². The average Bonchev–Trinajstić information content (AvgIpc) is 2.33. The van der Waals surface area contributed by atoms with Crippen LogP contribution in [0.2, 0.25) is 0 Å². The van der Waals surface area contributed by atoms with E-state index in [4.69, 9.17) is 5.73 Å². The van der Waals surface area contributed by atoms with Crippen molar-refractivity contribution >= 4 is 5.91 Å². The quantitative estimate of drug-likeness (QED) is 0.778. The van der Waals surface area contributed by atoms with Gasteiger partial charge in [0.2, 0.25) is 5.91 Å². The molecule has 0 saturated carbocycles. The molecule has 1 amide bonds. The van der Waals surface area contributed by atoms with E-state index >= 15 is 0 Å². The van der Waals surface area contributed by atoms with E-state index in [0.29, 0.717) is 19.0 Å². The lowest BCUT2D eigenvalue weighted by atomic mass is 9.90. The van der Waals surface area contributed by atoms with Crippen LogP contribution in [0.15, 0.2) is 0 Å². The summed E-state index contributed by atoms with van der Waals surface area (Å²) in [6.45, 7) is 1.54. The summed E-state index contributed by atoms with van der Waals surface area (Å²) in [5, 5.41) is 0. The molecule has 0 bridgehead atoms. The van der Waals surface area contributed by atoms with Crippen LogP contribution in [0, 0.1) is 5.92 Å². The summed E-state index contributed by atoms with van der Waals surface area (Å²) in [5.74, 6) is 0.156. The molecular weight excluding hydrogens is 261 g/mol. The molecular formula is C12H21F3N2O2. The summed E-state index contributed by atoms with van der Waals surface area (Å²) >= 11 is 0. The van der Waals surface area contributed by atoms with E-state index in [-0.39, 0.29) is 25.0 Å². The fourth-order valence-corrected chi connectivity index (χ4v) is 2.41. The van der Waals surface area contributed by atoms with Gasteiger partial charge < -0.3 is 15.4 Å². The Balaban J connectivity index is 2.35. The Morgan fingerprint density at radius 3 is 2.74 bits per heavy atom. The van der Waals surface area contributed by atoms with Crippen molar-refractivity contribution < 1.29 is 22.7 Å². The number of nitrogens with zero attached hydrogens (tertiary/aromatic N) is 1. The molecule has 4 nitrogen and oxygen atoms in total. The molecule has 1 fully saturated rings. The second-order valence-corrected chi connectivity index (χ2v) is 4.93. The number of hydrogen-bond donors (Lipinski definition) is 1. The van der Waals surface area contributed by atoms with Crippen LogP contribution in [-0.4, -0.2) is 49.3 Å². The van der Waals surface area contributed by atoms with Gasteiger partial charge in [0.1, 0.15) is 6.61 Å². The van der Waals surface area contributed by atoms with Gasteiger partial charge in [-0.15, -0.1) is 0 Å². The Kier molecular flexibility index (Phi) is 6.06. The minimum absolute atomic E-state index is 0.0103. The van der Waals surface area contributed by atoms with Gasteiger partial charge in [-0.2, -0.15) is 13.2 Å². The van der Waals surface area contributed by atoms with Crippen LogP contribution in [-0.2, 0) is 9.53 Å². The van der Waals surface area contributed by atoms with E-state index in [1.54, 1.807) is 4.90 Å². The zero-order valence-electron chi connectivity index (χ0n) is 11.1. The summed E-state index contributed by atoms with van der Waals surface area (Å²) < 4.78 is 40.0. The lowest BCUT2D eigenvalue weighted by Gasteiger charge is -2.39. The fourth-order valence-electron chi connectivity index (χ4n) is 2.41. The summed E-state index contributed by atoms with van der Waals surface area (Å²) in [5.41, 5.74) is 5.66. The number of carbonyl (C=O) groups excluding carboxylic acids is 1. The van der Waals surface area contributed by atoms with Crippen molar-refractivity contribution in [1.29, 1.82) is 0 Å². The van der Waals surface area contributed by atoms with Gasteiger partial charge in [-0.05, 0) is 18.8 Å². The lowest BCUT2D eigenvalue weighted by molar-refractivity contribution is -0.175. The molecule has 0 aromatic heterocycles. The van der Waals surface area contributed by atoms with Gasteiger partial charge in [-0.1, -0.05) is 6.92 Å². The van der Waals surface area contributed by atoms with Gasteiger partial charge in [-0.25, -0.2) is 0 Å². The van der Waals surface area contributed by atoms with Crippen molar-refractivity contribution in [2.75, 3.05) is 26.3 Å². The van der Waals surface area contributed by atoms with E-state index in [9.17, 15) is 18.0 Å². The zero-order chi connectivity index (χ0) is 14.5. The predicted molar refractivity (Wildman–Crippen MR) is 64.4 cm³/mol. The zero-order valence-corrected chi connectivity index (χ0v) is 11.1. The highest BCUT2D eigenvalue weighted by Crippen LogP contribution is 2.23. The Morgan fingerprint density at radius 2 is 2.16 bits per heavy atom. The number of alkyl halides is 3. The van der Waals surface area contributed by atoms with Crippen LogP contribution in [0.3, 0.4) is 0 Å². The molecule has 1 heterocycles. The number of rotatable bonds is 5. The molecule has 1 aliphatic rings. The van der Waals surface area contributed by atoms with E-state index in [1.807, 2.05) is 6.92 Å². The van der Waals surface area contributed by atoms with Gasteiger partial charge in [0, 0.05) is 19.1 Å². The average molecular weight is 282 g/mol. The maximum Gasteiger partial charge on any atom is 0.411 e. The van der Waals surface area contributed by atoms with Gasteiger partial charge in [-0.3, -0.25) is 4.79 Å². The number of halogens is 3. The van der Waals surface area contributed by atoms with Gasteiger partial charge in [0.15, 0.2) is 0 Å². The second-order valence-electron chi connectivity index (χ2n) is 4.93. The summed E-state index contributed by atoms with van der Waals surface area (Å²) in [4.78, 5) is 13.6. The summed E-state index contributed by atoms with van der Waals surface area (Å²) in [7, 11) is 0. The van der Waals surface area contributed by atoms with E-state index < -0.39 is 12.8 Å². The third-order valence-corrected chi connectivity index (χ3v) is 3.40. The van der Waals surface area contributed by atoms with Crippen LogP contribution < -0.4 is 5.73 Å². The summed E-state index contributed by atoms with van der Waals surface area (Å²) in [6.07, 6.45) is -2.44. The first-order valence-electron chi connectivity index (χ1n) is 6.49. The van der Waals surface area contributed by atoms with Crippen LogP contribution in [0.25, 0.3) is 0 Å². The maximum absolute atomic E-state index is 11.9. The highest BCUT2D eigenvalue weighted by Gasteiger charge is 2.31. The van der Waals surface area contributed by atoms with E-state index in [0.717, 1.165) is 12.8 Å². The summed E-state index contributed by atoms with van der Waals surface area (Å²) in [6, 6.07) is -0.0103. The number of piperidine rings is 1. The monoisotopic (exact) mass is 282 g/mol. The maximum atomic E-state index is 11.9. The Bertz CT molecular complexity index is 297. The first-order valence-corrected chi connectivity index (χ1v) is 6.49. The van der Waals surface area contributed by atoms with Crippen molar-refractivity contribution in [3.05, 3.63) is 0 Å². The minimum atomic E-state index is -4.34. The Hall–Kier alpha value is -0.820. The van der Waals surface area contributed by atoms with Gasteiger partial charge in [0.05, 0.1) is 13.0 Å². The van der Waals surface area contributed by atoms with Crippen LogP contribution in [0.5, 0.6) is 0 Å². The number of carbonyl (C=O) groups is 1. The molecule has 0 aliphatic carbocycles. The molecule has 1 saturated heterocycles. The first kappa shape index (κ1) is 16.2. The lowest BCUT2D eigenvalue weighted by Crippen LogP contribution is -2.51. The molecule has 7 heteroatoms. The largest absolute Gasteiger partial charge is 0.411 e. The van der Waals surface area contributed by atoms with Crippen LogP contribution in [0.1, 0.15) is 26.2 Å². The number of nitrogens with two attached hydrogens (primary N) is 1. The first-order chi connectivity index (χ1) is 8.85. The molecule has 0 aromatic rings. The van der Waals surface area contributed by atoms with Crippen molar-refractivity contribution in [2.45, 2.75) is 38.4 Å². The van der Waals surface area contributed by atoms with Crippen molar-refractivity contribution in [3.63, 3.8) is 0 Å². The molecule has 0 aromatic carbocycles. The number of hydrogen-bond acceptors (Lipinski definition) is 3. The normalized spacial score (nSPS) is 24.6. The number of ether oxygens (including phenoxy) is 1. The van der Waals surface area contributed by atoms with Crippen molar-refractivity contribution in [1.82, 2.24) is 4.90 Å². The molecule has 112 valence electrons. The van der Waals surface area contributed by atoms with E-state index in [2.05, 4.69) is 4.74 Å². The molecule has 1 rings (SSSR count). The number of likely N-dealkylation sites (tertiary alicyclic amines) is 1.